The lowest BCUT2D eigenvalue weighted by molar-refractivity contribution is -0.0502. The molecule has 0 amide bonds. The minimum Gasteiger partial charge on any atom is -0.462 e. The first-order valence-corrected chi connectivity index (χ1v) is 5.33. The van der Waals surface area contributed by atoms with Gasteiger partial charge in [-0.3, -0.25) is 0 Å². The van der Waals surface area contributed by atoms with Crippen molar-refractivity contribution in [3.8, 4) is 11.8 Å². The molecule has 0 atom stereocenters. The number of ether oxygens (including phenoxy) is 2. The van der Waals surface area contributed by atoms with Crippen LogP contribution in [0.2, 0.25) is 0 Å². The van der Waals surface area contributed by atoms with Gasteiger partial charge in [0.2, 0.25) is 0 Å². The first-order chi connectivity index (χ1) is 9.03. The first-order valence-electron chi connectivity index (χ1n) is 5.33. The summed E-state index contributed by atoms with van der Waals surface area (Å²) in [5, 5.41) is 18.0. The molecule has 0 radical (unpaired) electrons. The fraction of sp³-hybridized carbons (Fsp3) is 0.333. The maximum Gasteiger partial charge on any atom is 0.387 e. The second-order valence-electron chi connectivity index (χ2n) is 3.38. The Morgan fingerprint density at radius 1 is 1.53 bits per heavy atom. The number of nitriles is 1. The van der Waals surface area contributed by atoms with E-state index < -0.39 is 24.9 Å². The number of halogens is 2. The number of rotatable bonds is 5. The molecule has 7 heteroatoms. The largest absolute Gasteiger partial charge is 0.462 e. The lowest BCUT2D eigenvalue weighted by Crippen LogP contribution is -2.10. The second kappa shape index (κ2) is 6.66. The van der Waals surface area contributed by atoms with Gasteiger partial charge >= 0.3 is 12.6 Å². The standard InChI is InChI=1S/C12H11F2NO4/c1-2-18-11(17)7-3-8(6-16)9(5-15)10(4-7)19-12(13)14/h3-4,12,16H,2,6H2,1H3. The molecule has 1 aromatic rings. The third kappa shape index (κ3) is 3.63. The quantitative estimate of drug-likeness (QED) is 0.826. The van der Waals surface area contributed by atoms with E-state index in [1.807, 2.05) is 0 Å². The second-order valence-corrected chi connectivity index (χ2v) is 3.38. The summed E-state index contributed by atoms with van der Waals surface area (Å²) in [5.74, 6) is -1.21. The molecule has 0 aliphatic rings. The summed E-state index contributed by atoms with van der Waals surface area (Å²) in [7, 11) is 0. The van der Waals surface area contributed by atoms with Crippen molar-refractivity contribution in [3.63, 3.8) is 0 Å². The first kappa shape index (κ1) is 14.9. The maximum absolute atomic E-state index is 12.2. The fourth-order valence-corrected chi connectivity index (χ4v) is 1.45. The number of alkyl halides is 2. The molecular weight excluding hydrogens is 260 g/mol. The van der Waals surface area contributed by atoms with Crippen LogP contribution < -0.4 is 4.74 Å². The Morgan fingerprint density at radius 2 is 2.21 bits per heavy atom. The van der Waals surface area contributed by atoms with Gasteiger partial charge in [0, 0.05) is 0 Å². The van der Waals surface area contributed by atoms with Crippen molar-refractivity contribution in [2.45, 2.75) is 20.1 Å². The highest BCUT2D eigenvalue weighted by atomic mass is 19.3. The topological polar surface area (TPSA) is 79.5 Å². The number of esters is 1. The Balaban J connectivity index is 3.30. The van der Waals surface area contributed by atoms with Gasteiger partial charge in [-0.1, -0.05) is 0 Å². The summed E-state index contributed by atoms with van der Waals surface area (Å²) >= 11 is 0. The molecule has 0 aliphatic carbocycles. The van der Waals surface area contributed by atoms with E-state index in [2.05, 4.69) is 4.74 Å². The Kier molecular flexibility index (Phi) is 5.21. The minimum atomic E-state index is -3.14. The van der Waals surface area contributed by atoms with Gasteiger partial charge in [-0.25, -0.2) is 4.79 Å². The summed E-state index contributed by atoms with van der Waals surface area (Å²) in [6, 6.07) is 3.84. The van der Waals surface area contributed by atoms with Crippen LogP contribution in [0.25, 0.3) is 0 Å². The van der Waals surface area contributed by atoms with E-state index in [1.165, 1.54) is 6.07 Å². The van der Waals surface area contributed by atoms with Gasteiger partial charge in [0.05, 0.1) is 24.3 Å². The molecule has 1 aromatic carbocycles. The lowest BCUT2D eigenvalue weighted by atomic mass is 10.0. The molecular formula is C12H11F2NO4. The van der Waals surface area contributed by atoms with Crippen LogP contribution in [0, 0.1) is 11.3 Å². The molecule has 0 heterocycles. The average molecular weight is 271 g/mol. The lowest BCUT2D eigenvalue weighted by Gasteiger charge is -2.11. The van der Waals surface area contributed by atoms with Crippen LogP contribution in [0.15, 0.2) is 12.1 Å². The Hall–Kier alpha value is -2.20. The molecule has 0 fully saturated rings. The molecule has 0 saturated heterocycles. The van der Waals surface area contributed by atoms with Gasteiger partial charge in [0.25, 0.3) is 0 Å². The van der Waals surface area contributed by atoms with Gasteiger partial charge in [0.1, 0.15) is 11.8 Å². The fourth-order valence-electron chi connectivity index (χ4n) is 1.45. The molecule has 1 N–H and O–H groups in total. The minimum absolute atomic E-state index is 0.0173. The van der Waals surface area contributed by atoms with Crippen LogP contribution in [0.3, 0.4) is 0 Å². The summed E-state index contributed by atoms with van der Waals surface area (Å²) in [4.78, 5) is 11.5. The number of carbonyl (C=O) groups excluding carboxylic acids is 1. The highest BCUT2D eigenvalue weighted by Crippen LogP contribution is 2.26. The van der Waals surface area contributed by atoms with E-state index in [1.54, 1.807) is 13.0 Å². The third-order valence-corrected chi connectivity index (χ3v) is 2.19. The number of nitrogens with zero attached hydrogens (tertiary/aromatic N) is 1. The molecule has 0 bridgehead atoms. The highest BCUT2D eigenvalue weighted by molar-refractivity contribution is 5.90. The van der Waals surface area contributed by atoms with Gasteiger partial charge in [0.15, 0.2) is 0 Å². The predicted octanol–water partition coefficient (Wildman–Crippen LogP) is 1.83. The zero-order valence-corrected chi connectivity index (χ0v) is 10.0. The molecule has 19 heavy (non-hydrogen) atoms. The van der Waals surface area contributed by atoms with E-state index in [-0.39, 0.29) is 23.3 Å². The van der Waals surface area contributed by atoms with Crippen molar-refractivity contribution in [1.82, 2.24) is 0 Å². The predicted molar refractivity (Wildman–Crippen MR) is 59.7 cm³/mol. The van der Waals surface area contributed by atoms with Gasteiger partial charge in [-0.2, -0.15) is 14.0 Å². The van der Waals surface area contributed by atoms with E-state index in [0.29, 0.717) is 0 Å². The van der Waals surface area contributed by atoms with Gasteiger partial charge in [-0.15, -0.1) is 0 Å². The van der Waals surface area contributed by atoms with Crippen molar-refractivity contribution >= 4 is 5.97 Å². The van der Waals surface area contributed by atoms with Crippen LogP contribution in [0.1, 0.15) is 28.4 Å². The molecule has 0 aliphatic heterocycles. The molecule has 0 aromatic heterocycles. The van der Waals surface area contributed by atoms with E-state index in [9.17, 15) is 13.6 Å². The monoisotopic (exact) mass is 271 g/mol. The summed E-state index contributed by atoms with van der Waals surface area (Å²) in [6.45, 7) is -2.03. The van der Waals surface area contributed by atoms with Crippen molar-refractivity contribution in [2.24, 2.45) is 0 Å². The van der Waals surface area contributed by atoms with Crippen molar-refractivity contribution < 1.29 is 28.2 Å². The van der Waals surface area contributed by atoms with Crippen LogP contribution in [-0.4, -0.2) is 24.3 Å². The summed E-state index contributed by atoms with van der Waals surface area (Å²) in [6.07, 6.45) is 0. The van der Waals surface area contributed by atoms with E-state index >= 15 is 0 Å². The van der Waals surface area contributed by atoms with E-state index in [4.69, 9.17) is 15.1 Å². The van der Waals surface area contributed by atoms with E-state index in [0.717, 1.165) is 6.07 Å². The smallest absolute Gasteiger partial charge is 0.387 e. The average Bonchev–Trinajstić information content (AvgIpc) is 2.37. The number of carbonyl (C=O) groups is 1. The highest BCUT2D eigenvalue weighted by Gasteiger charge is 2.18. The van der Waals surface area contributed by atoms with Crippen LogP contribution in [0.5, 0.6) is 5.75 Å². The summed E-state index contributed by atoms with van der Waals surface area (Å²) < 4.78 is 33.4. The van der Waals surface area contributed by atoms with Crippen molar-refractivity contribution in [2.75, 3.05) is 6.61 Å². The Morgan fingerprint density at radius 3 is 2.68 bits per heavy atom. The third-order valence-electron chi connectivity index (χ3n) is 2.19. The SMILES string of the molecule is CCOC(=O)c1cc(CO)c(C#N)c(OC(F)F)c1. The number of hydrogen-bond donors (Lipinski definition) is 1. The van der Waals surface area contributed by atoms with Crippen molar-refractivity contribution in [1.29, 1.82) is 5.26 Å². The maximum atomic E-state index is 12.2. The zero-order valence-electron chi connectivity index (χ0n) is 10.0. The number of benzene rings is 1. The molecule has 0 unspecified atom stereocenters. The molecule has 102 valence electrons. The molecule has 1 rings (SSSR count). The molecule has 0 saturated carbocycles. The number of aliphatic hydroxyl groups excluding tert-OH is 1. The number of hydrogen-bond acceptors (Lipinski definition) is 5. The molecule has 5 nitrogen and oxygen atoms in total. The van der Waals surface area contributed by atoms with Gasteiger partial charge < -0.3 is 14.6 Å². The summed E-state index contributed by atoms with van der Waals surface area (Å²) in [5.41, 5.74) is -0.292. The normalized spacial score (nSPS) is 10.1. The van der Waals surface area contributed by atoms with Crippen molar-refractivity contribution in [3.05, 3.63) is 28.8 Å². The molecule has 0 spiro atoms. The van der Waals surface area contributed by atoms with Crippen LogP contribution in [0.4, 0.5) is 8.78 Å². The number of aliphatic hydroxyl groups is 1. The van der Waals surface area contributed by atoms with Crippen LogP contribution >= 0.6 is 0 Å². The van der Waals surface area contributed by atoms with Gasteiger partial charge in [-0.05, 0) is 24.6 Å². The Bertz CT molecular complexity index is 511. The Labute approximate surface area is 108 Å². The zero-order chi connectivity index (χ0) is 14.4. The van der Waals surface area contributed by atoms with Crippen LogP contribution in [-0.2, 0) is 11.3 Å².